The molecule has 1 aromatic rings. The average molecular weight is 193 g/mol. The second kappa shape index (κ2) is 4.53. The van der Waals surface area contributed by atoms with Gasteiger partial charge >= 0.3 is 0 Å². The van der Waals surface area contributed by atoms with Gasteiger partial charge < -0.3 is 16.3 Å². The van der Waals surface area contributed by atoms with Crippen molar-refractivity contribution >= 4 is 0 Å². The zero-order valence-corrected chi connectivity index (χ0v) is 8.20. The number of benzene rings is 1. The van der Waals surface area contributed by atoms with Gasteiger partial charge in [0.15, 0.2) is 0 Å². The van der Waals surface area contributed by atoms with Crippen molar-refractivity contribution in [1.82, 2.24) is 10.4 Å². The van der Waals surface area contributed by atoms with Gasteiger partial charge in [-0.2, -0.15) is 0 Å². The van der Waals surface area contributed by atoms with E-state index in [4.69, 9.17) is 10.8 Å². The topological polar surface area (TPSA) is 61.5 Å². The molecule has 0 saturated heterocycles. The number of nitrogens with zero attached hydrogens (tertiary/aromatic N) is 1. The molecule has 4 N–H and O–H groups in total. The molecule has 76 valence electrons. The number of nitrogens with two attached hydrogens (primary N) is 1. The van der Waals surface area contributed by atoms with Crippen LogP contribution < -0.4 is 11.2 Å². The molecule has 4 nitrogen and oxygen atoms in total. The van der Waals surface area contributed by atoms with Crippen LogP contribution in [-0.2, 0) is 6.54 Å². The average Bonchev–Trinajstić information content (AvgIpc) is 2.07. The van der Waals surface area contributed by atoms with Gasteiger partial charge in [-0.3, -0.25) is 0 Å². The highest BCUT2D eigenvalue weighted by molar-refractivity contribution is 5.25. The Kier molecular flexibility index (Phi) is 3.36. The molecular formula is C10H15N3O. The summed E-state index contributed by atoms with van der Waals surface area (Å²) in [7, 11) is 1.87. The molecule has 0 aliphatic rings. The van der Waals surface area contributed by atoms with Gasteiger partial charge in [-0.15, -0.1) is 0 Å². The monoisotopic (exact) mass is 193 g/mol. The highest BCUT2D eigenvalue weighted by Crippen LogP contribution is 2.10. The quantitative estimate of drug-likeness (QED) is 0.618. The fourth-order valence-corrected chi connectivity index (χ4v) is 1.16. The second-order valence-corrected chi connectivity index (χ2v) is 3.16. The van der Waals surface area contributed by atoms with E-state index in [-0.39, 0.29) is 5.75 Å². The van der Waals surface area contributed by atoms with Gasteiger partial charge in [0.1, 0.15) is 11.6 Å². The third kappa shape index (κ3) is 3.37. The molecule has 1 rings (SSSR count). The molecule has 0 spiro atoms. The first-order chi connectivity index (χ1) is 6.58. The molecule has 0 aromatic heterocycles. The number of rotatable bonds is 4. The van der Waals surface area contributed by atoms with Crippen molar-refractivity contribution in [1.29, 1.82) is 0 Å². The third-order valence-electron chi connectivity index (χ3n) is 1.69. The number of hydrogen-bond donors (Lipinski definition) is 3. The molecule has 0 radical (unpaired) electrons. The fourth-order valence-electron chi connectivity index (χ4n) is 1.16. The van der Waals surface area contributed by atoms with Crippen LogP contribution in [0.15, 0.2) is 36.7 Å². The number of hydrogen-bond acceptors (Lipinski definition) is 4. The lowest BCUT2D eigenvalue weighted by molar-refractivity contribution is 0.255. The summed E-state index contributed by atoms with van der Waals surface area (Å²) in [6.45, 7) is 4.23. The molecule has 1 aromatic carbocycles. The van der Waals surface area contributed by atoms with E-state index in [1.165, 1.54) is 0 Å². The van der Waals surface area contributed by atoms with Crippen molar-refractivity contribution in [2.45, 2.75) is 6.54 Å². The third-order valence-corrected chi connectivity index (χ3v) is 1.69. The first-order valence-electron chi connectivity index (χ1n) is 4.28. The Bertz CT molecular complexity index is 308. The molecule has 0 atom stereocenters. The van der Waals surface area contributed by atoms with Crippen LogP contribution in [0, 0.1) is 0 Å². The molecule has 4 heteroatoms. The highest BCUT2D eigenvalue weighted by Gasteiger charge is 1.99. The fraction of sp³-hybridized carbons (Fsp3) is 0.200. The summed E-state index contributed by atoms with van der Waals surface area (Å²) in [5, 5.41) is 10.9. The summed E-state index contributed by atoms with van der Waals surface area (Å²) in [6, 6.07) is 7.01. The van der Waals surface area contributed by atoms with Crippen LogP contribution in [0.25, 0.3) is 0 Å². The van der Waals surface area contributed by atoms with Crippen molar-refractivity contribution < 1.29 is 5.11 Å². The van der Waals surface area contributed by atoms with Crippen molar-refractivity contribution in [3.8, 4) is 5.75 Å². The van der Waals surface area contributed by atoms with E-state index >= 15 is 0 Å². The molecule has 0 bridgehead atoms. The normalized spacial score (nSPS) is 10.1. The molecule has 14 heavy (non-hydrogen) atoms. The van der Waals surface area contributed by atoms with E-state index < -0.39 is 0 Å². The van der Waals surface area contributed by atoms with Crippen LogP contribution in [0.3, 0.4) is 0 Å². The van der Waals surface area contributed by atoms with E-state index in [0.717, 1.165) is 5.56 Å². The number of hydrazine groups is 1. The van der Waals surface area contributed by atoms with Crippen molar-refractivity contribution in [2.75, 3.05) is 7.05 Å². The van der Waals surface area contributed by atoms with Gasteiger partial charge in [0.2, 0.25) is 0 Å². The summed E-state index contributed by atoms with van der Waals surface area (Å²) >= 11 is 0. The minimum atomic E-state index is 0.271. The van der Waals surface area contributed by atoms with Gasteiger partial charge in [0.05, 0.1) is 0 Å². The Morgan fingerprint density at radius 1 is 1.50 bits per heavy atom. The minimum absolute atomic E-state index is 0.271. The Labute approximate surface area is 83.6 Å². The van der Waals surface area contributed by atoms with Gasteiger partial charge in [-0.25, -0.2) is 5.01 Å². The molecule has 0 aliphatic carbocycles. The van der Waals surface area contributed by atoms with Crippen LogP contribution in [0.2, 0.25) is 0 Å². The first-order valence-corrected chi connectivity index (χ1v) is 4.28. The number of aromatic hydroxyl groups is 1. The van der Waals surface area contributed by atoms with E-state index in [2.05, 4.69) is 12.0 Å². The molecule has 0 amide bonds. The summed E-state index contributed by atoms with van der Waals surface area (Å²) < 4.78 is 0. The van der Waals surface area contributed by atoms with E-state index in [9.17, 15) is 0 Å². The first kappa shape index (κ1) is 10.4. The standard InChI is InChI=1S/C10H15N3O/c1-8(11)12-13(2)7-9-3-5-10(14)6-4-9/h3-6,12,14H,1,7,11H2,2H3. The summed E-state index contributed by atoms with van der Waals surface area (Å²) in [5.74, 6) is 0.680. The Balaban J connectivity index is 2.51. The van der Waals surface area contributed by atoms with Crippen molar-refractivity contribution in [2.24, 2.45) is 5.73 Å². The van der Waals surface area contributed by atoms with Crippen LogP contribution in [-0.4, -0.2) is 17.2 Å². The number of nitrogens with one attached hydrogen (secondary N) is 1. The smallest absolute Gasteiger partial charge is 0.115 e. The molecule has 0 heterocycles. The maximum absolute atomic E-state index is 9.07. The van der Waals surface area contributed by atoms with Gasteiger partial charge in [0, 0.05) is 13.6 Å². The second-order valence-electron chi connectivity index (χ2n) is 3.16. The highest BCUT2D eigenvalue weighted by atomic mass is 16.3. The molecule has 0 saturated carbocycles. The van der Waals surface area contributed by atoms with Gasteiger partial charge in [-0.05, 0) is 17.7 Å². The lowest BCUT2D eigenvalue weighted by atomic mass is 10.2. The largest absolute Gasteiger partial charge is 0.508 e. The van der Waals surface area contributed by atoms with Crippen LogP contribution in [0.1, 0.15) is 5.56 Å². The Hall–Kier alpha value is -1.68. The number of phenols is 1. The van der Waals surface area contributed by atoms with Crippen LogP contribution in [0.5, 0.6) is 5.75 Å². The lowest BCUT2D eigenvalue weighted by Gasteiger charge is -2.18. The molecule has 0 unspecified atom stereocenters. The van der Waals surface area contributed by atoms with Crippen LogP contribution in [0.4, 0.5) is 0 Å². The van der Waals surface area contributed by atoms with E-state index in [1.54, 1.807) is 12.1 Å². The Morgan fingerprint density at radius 3 is 2.57 bits per heavy atom. The Morgan fingerprint density at radius 2 is 2.07 bits per heavy atom. The maximum Gasteiger partial charge on any atom is 0.115 e. The zero-order valence-electron chi connectivity index (χ0n) is 8.20. The summed E-state index contributed by atoms with van der Waals surface area (Å²) in [6.07, 6.45) is 0. The summed E-state index contributed by atoms with van der Waals surface area (Å²) in [5.41, 5.74) is 9.33. The number of phenolic OH excluding ortho intramolecular Hbond substituents is 1. The van der Waals surface area contributed by atoms with E-state index in [0.29, 0.717) is 12.4 Å². The predicted molar refractivity (Wildman–Crippen MR) is 56.0 cm³/mol. The van der Waals surface area contributed by atoms with E-state index in [1.807, 2.05) is 24.2 Å². The summed E-state index contributed by atoms with van der Waals surface area (Å²) in [4.78, 5) is 0. The van der Waals surface area contributed by atoms with Crippen molar-refractivity contribution in [3.05, 3.63) is 42.2 Å². The molecule has 0 fully saturated rings. The minimum Gasteiger partial charge on any atom is -0.508 e. The maximum atomic E-state index is 9.07. The lowest BCUT2D eigenvalue weighted by Crippen LogP contribution is -2.35. The van der Waals surface area contributed by atoms with Gasteiger partial charge in [0.25, 0.3) is 0 Å². The SMILES string of the molecule is C=C(N)NN(C)Cc1ccc(O)cc1. The molecular weight excluding hydrogens is 178 g/mol. The van der Waals surface area contributed by atoms with Crippen molar-refractivity contribution in [3.63, 3.8) is 0 Å². The predicted octanol–water partition coefficient (Wildman–Crippen LogP) is 0.758. The zero-order chi connectivity index (χ0) is 10.6. The van der Waals surface area contributed by atoms with Crippen LogP contribution >= 0.6 is 0 Å². The molecule has 0 aliphatic heterocycles. The van der Waals surface area contributed by atoms with Gasteiger partial charge in [-0.1, -0.05) is 18.7 Å².